The second kappa shape index (κ2) is 7.87. The molecule has 4 rings (SSSR count). The van der Waals surface area contributed by atoms with Crippen LogP contribution in [-0.2, 0) is 6.61 Å². The molecule has 8 heteroatoms. The van der Waals surface area contributed by atoms with E-state index < -0.39 is 4.92 Å². The van der Waals surface area contributed by atoms with E-state index in [2.05, 4.69) is 17.3 Å². The largest absolute Gasteiger partial charge is 0.486 e. The molecule has 3 heterocycles. The number of carbonyl (C=O) groups excluding carboxylic acids is 1. The van der Waals surface area contributed by atoms with Crippen LogP contribution in [0.2, 0.25) is 0 Å². The minimum atomic E-state index is -0.424. The van der Waals surface area contributed by atoms with Gasteiger partial charge in [-0.15, -0.1) is 0 Å². The number of furan rings is 1. The van der Waals surface area contributed by atoms with Crippen molar-refractivity contribution >= 4 is 11.6 Å². The summed E-state index contributed by atoms with van der Waals surface area (Å²) >= 11 is 0. The molecule has 2 aliphatic heterocycles. The number of aryl methyl sites for hydroxylation is 1. The lowest BCUT2D eigenvalue weighted by atomic mass is 9.98. The molecule has 2 fully saturated rings. The van der Waals surface area contributed by atoms with Crippen molar-refractivity contribution in [1.82, 2.24) is 10.2 Å². The molecule has 0 saturated carbocycles. The van der Waals surface area contributed by atoms with Crippen molar-refractivity contribution in [2.24, 2.45) is 0 Å². The molecule has 1 aromatic carbocycles. The number of ether oxygens (including phenoxy) is 1. The van der Waals surface area contributed by atoms with E-state index in [1.807, 2.05) is 0 Å². The van der Waals surface area contributed by atoms with Crippen molar-refractivity contribution in [3.63, 3.8) is 0 Å². The Labute approximate surface area is 169 Å². The average molecular weight is 399 g/mol. The molecule has 1 amide bonds. The SMILES string of the molecule is Cc1cc(OCc2ccc(C(=O)NC3CC4CCC(C3)N4C)o2)ccc1[N+](=O)[O-]. The predicted octanol–water partition coefficient (Wildman–Crippen LogP) is 3.43. The zero-order chi connectivity index (χ0) is 20.5. The summed E-state index contributed by atoms with van der Waals surface area (Å²) in [6, 6.07) is 9.25. The fraction of sp³-hybridized carbons (Fsp3) is 0.476. The van der Waals surface area contributed by atoms with Crippen molar-refractivity contribution in [3.05, 3.63) is 57.5 Å². The molecule has 1 N–H and O–H groups in total. The number of nitro benzene ring substituents is 1. The summed E-state index contributed by atoms with van der Waals surface area (Å²) < 4.78 is 11.3. The fourth-order valence-corrected chi connectivity index (χ4v) is 4.44. The average Bonchev–Trinajstić information content (AvgIpc) is 3.22. The standard InChI is InChI=1S/C21H25N3O5/c1-13-9-17(5-7-19(13)24(26)27)28-12-18-6-8-20(29-18)21(25)22-14-10-15-3-4-16(11-14)23(15)2/h5-9,14-16H,3-4,10-12H2,1-2H3,(H,22,25). The van der Waals surface area contributed by atoms with Crippen LogP contribution in [0.15, 0.2) is 34.7 Å². The minimum absolute atomic E-state index is 0.0525. The zero-order valence-corrected chi connectivity index (χ0v) is 16.6. The van der Waals surface area contributed by atoms with Gasteiger partial charge in [-0.05, 0) is 63.9 Å². The van der Waals surface area contributed by atoms with Crippen LogP contribution < -0.4 is 10.1 Å². The summed E-state index contributed by atoms with van der Waals surface area (Å²) in [5, 5.41) is 14.0. The Kier molecular flexibility index (Phi) is 5.27. The van der Waals surface area contributed by atoms with E-state index in [-0.39, 0.29) is 30.0 Å². The highest BCUT2D eigenvalue weighted by Crippen LogP contribution is 2.34. The number of fused-ring (bicyclic) bond motifs is 2. The van der Waals surface area contributed by atoms with Crippen LogP contribution in [0.1, 0.15) is 47.6 Å². The molecule has 0 aliphatic carbocycles. The highest BCUT2D eigenvalue weighted by atomic mass is 16.6. The molecule has 0 radical (unpaired) electrons. The number of nitrogens with zero attached hydrogens (tertiary/aromatic N) is 2. The molecule has 2 unspecified atom stereocenters. The predicted molar refractivity (Wildman–Crippen MR) is 106 cm³/mol. The Morgan fingerprint density at radius 2 is 2.00 bits per heavy atom. The molecule has 1 aromatic heterocycles. The summed E-state index contributed by atoms with van der Waals surface area (Å²) in [5.41, 5.74) is 0.579. The van der Waals surface area contributed by atoms with E-state index in [0.717, 1.165) is 12.8 Å². The van der Waals surface area contributed by atoms with E-state index in [4.69, 9.17) is 9.15 Å². The topological polar surface area (TPSA) is 97.8 Å². The first-order valence-electron chi connectivity index (χ1n) is 9.90. The highest BCUT2D eigenvalue weighted by Gasteiger charge is 2.39. The van der Waals surface area contributed by atoms with Gasteiger partial charge in [0.15, 0.2) is 5.76 Å². The van der Waals surface area contributed by atoms with Crippen LogP contribution in [0.3, 0.4) is 0 Å². The Hall–Kier alpha value is -2.87. The summed E-state index contributed by atoms with van der Waals surface area (Å²) in [6.45, 7) is 1.80. The van der Waals surface area contributed by atoms with E-state index in [1.165, 1.54) is 18.9 Å². The number of amides is 1. The van der Waals surface area contributed by atoms with Crippen LogP contribution in [0.25, 0.3) is 0 Å². The summed E-state index contributed by atoms with van der Waals surface area (Å²) in [7, 11) is 2.17. The first-order chi connectivity index (χ1) is 13.9. The normalized spacial score (nSPS) is 23.7. The zero-order valence-electron chi connectivity index (χ0n) is 16.6. The highest BCUT2D eigenvalue weighted by molar-refractivity contribution is 5.91. The molecular formula is C21H25N3O5. The minimum Gasteiger partial charge on any atom is -0.486 e. The van der Waals surface area contributed by atoms with Gasteiger partial charge in [0.25, 0.3) is 11.6 Å². The van der Waals surface area contributed by atoms with Gasteiger partial charge in [0, 0.05) is 29.8 Å². The number of hydrogen-bond acceptors (Lipinski definition) is 6. The van der Waals surface area contributed by atoms with Crippen molar-refractivity contribution in [1.29, 1.82) is 0 Å². The third-order valence-electron chi connectivity index (χ3n) is 6.06. The second-order valence-corrected chi connectivity index (χ2v) is 7.95. The van der Waals surface area contributed by atoms with E-state index in [0.29, 0.717) is 29.2 Å². The number of carbonyl (C=O) groups is 1. The smallest absolute Gasteiger partial charge is 0.287 e. The molecule has 2 atom stereocenters. The van der Waals surface area contributed by atoms with Gasteiger partial charge in [0.2, 0.25) is 0 Å². The third kappa shape index (κ3) is 4.12. The summed E-state index contributed by atoms with van der Waals surface area (Å²) in [6.07, 6.45) is 4.37. The van der Waals surface area contributed by atoms with Crippen molar-refractivity contribution < 1.29 is 18.9 Å². The van der Waals surface area contributed by atoms with Crippen molar-refractivity contribution in [2.45, 2.75) is 57.3 Å². The van der Waals surface area contributed by atoms with Crippen LogP contribution in [0.4, 0.5) is 5.69 Å². The Balaban J connectivity index is 1.32. The molecular weight excluding hydrogens is 374 g/mol. The molecule has 29 heavy (non-hydrogen) atoms. The maximum atomic E-state index is 12.5. The van der Waals surface area contributed by atoms with Gasteiger partial charge in [-0.2, -0.15) is 0 Å². The first kappa shape index (κ1) is 19.4. The molecule has 154 valence electrons. The summed E-state index contributed by atoms with van der Waals surface area (Å²) in [4.78, 5) is 25.4. The monoisotopic (exact) mass is 399 g/mol. The molecule has 2 saturated heterocycles. The van der Waals surface area contributed by atoms with Crippen molar-refractivity contribution in [2.75, 3.05) is 7.05 Å². The second-order valence-electron chi connectivity index (χ2n) is 7.95. The summed E-state index contributed by atoms with van der Waals surface area (Å²) in [5.74, 6) is 1.11. The van der Waals surface area contributed by atoms with Crippen molar-refractivity contribution in [3.8, 4) is 5.75 Å². The maximum absolute atomic E-state index is 12.5. The number of nitro groups is 1. The quantitative estimate of drug-likeness (QED) is 0.590. The van der Waals surface area contributed by atoms with Crippen LogP contribution in [-0.4, -0.2) is 40.9 Å². The third-order valence-corrected chi connectivity index (χ3v) is 6.06. The molecule has 2 aliphatic rings. The van der Waals surface area contributed by atoms with Gasteiger partial charge in [-0.1, -0.05) is 0 Å². The van der Waals surface area contributed by atoms with Gasteiger partial charge in [0.05, 0.1) is 4.92 Å². The molecule has 2 bridgehead atoms. The van der Waals surface area contributed by atoms with E-state index >= 15 is 0 Å². The van der Waals surface area contributed by atoms with Crippen LogP contribution in [0, 0.1) is 17.0 Å². The first-order valence-corrected chi connectivity index (χ1v) is 9.90. The number of hydrogen-bond donors (Lipinski definition) is 1. The van der Waals surface area contributed by atoms with Gasteiger partial charge < -0.3 is 19.4 Å². The van der Waals surface area contributed by atoms with Gasteiger partial charge >= 0.3 is 0 Å². The van der Waals surface area contributed by atoms with Crippen LogP contribution >= 0.6 is 0 Å². The maximum Gasteiger partial charge on any atom is 0.287 e. The Morgan fingerprint density at radius 1 is 1.28 bits per heavy atom. The van der Waals surface area contributed by atoms with Gasteiger partial charge in [0.1, 0.15) is 18.1 Å². The molecule has 0 spiro atoms. The van der Waals surface area contributed by atoms with Crippen LogP contribution in [0.5, 0.6) is 5.75 Å². The lowest BCUT2D eigenvalue weighted by molar-refractivity contribution is -0.385. The van der Waals surface area contributed by atoms with Gasteiger partial charge in [-0.25, -0.2) is 0 Å². The van der Waals surface area contributed by atoms with E-state index in [1.54, 1.807) is 31.2 Å². The number of benzene rings is 1. The fourth-order valence-electron chi connectivity index (χ4n) is 4.44. The molecule has 2 aromatic rings. The number of piperidine rings is 1. The molecule has 8 nitrogen and oxygen atoms in total. The van der Waals surface area contributed by atoms with E-state index in [9.17, 15) is 14.9 Å². The van der Waals surface area contributed by atoms with Gasteiger partial charge in [-0.3, -0.25) is 14.9 Å². The number of rotatable bonds is 6. The Morgan fingerprint density at radius 3 is 2.66 bits per heavy atom. The number of nitrogens with one attached hydrogen (secondary N) is 1. The Bertz CT molecular complexity index is 911. The lowest BCUT2D eigenvalue weighted by Gasteiger charge is -2.36. The lowest BCUT2D eigenvalue weighted by Crippen LogP contribution is -2.48.